The van der Waals surface area contributed by atoms with Crippen LogP contribution in [0.4, 0.5) is 14.9 Å². The number of halogens is 1. The first-order valence-corrected chi connectivity index (χ1v) is 8.27. The highest BCUT2D eigenvalue weighted by Gasteiger charge is 2.31. The second kappa shape index (κ2) is 7.17. The molecule has 0 aliphatic carbocycles. The minimum Gasteiger partial charge on any atom is -0.368 e. The Kier molecular flexibility index (Phi) is 4.99. The highest BCUT2D eigenvalue weighted by atomic mass is 19.1. The molecule has 1 aromatic rings. The van der Waals surface area contributed by atoms with Gasteiger partial charge in [0.05, 0.1) is 0 Å². The van der Waals surface area contributed by atoms with E-state index in [1.165, 1.54) is 12.1 Å². The van der Waals surface area contributed by atoms with E-state index >= 15 is 0 Å². The summed E-state index contributed by atoms with van der Waals surface area (Å²) in [4.78, 5) is 28.0. The summed E-state index contributed by atoms with van der Waals surface area (Å²) < 4.78 is 18.7. The third kappa shape index (κ3) is 3.67. The number of nitrogens with zero attached hydrogens (tertiary/aromatic N) is 2. The molecule has 2 fully saturated rings. The van der Waals surface area contributed by atoms with Gasteiger partial charge in [-0.25, -0.2) is 9.18 Å². The Labute approximate surface area is 140 Å². The first-order chi connectivity index (χ1) is 11.5. The van der Waals surface area contributed by atoms with Gasteiger partial charge in [-0.1, -0.05) is 0 Å². The summed E-state index contributed by atoms with van der Waals surface area (Å²) in [6.45, 7) is 4.27. The fraction of sp³-hybridized carbons (Fsp3) is 0.529. The minimum absolute atomic E-state index is 0.0294. The molecular formula is C17H22FN3O3. The fourth-order valence-corrected chi connectivity index (χ4v) is 3.03. The lowest BCUT2D eigenvalue weighted by atomic mass is 10.2. The largest absolute Gasteiger partial charge is 0.368 e. The molecule has 0 aromatic heterocycles. The zero-order chi connectivity index (χ0) is 17.1. The molecule has 24 heavy (non-hydrogen) atoms. The number of benzene rings is 1. The molecule has 2 saturated heterocycles. The maximum atomic E-state index is 13.3. The van der Waals surface area contributed by atoms with Crippen LogP contribution in [0.5, 0.6) is 0 Å². The second-order valence-electron chi connectivity index (χ2n) is 6.21. The van der Waals surface area contributed by atoms with Gasteiger partial charge in [-0.2, -0.15) is 0 Å². The number of aryl methyl sites for hydroxylation is 1. The van der Waals surface area contributed by atoms with Crippen molar-refractivity contribution in [2.24, 2.45) is 0 Å². The zero-order valence-electron chi connectivity index (χ0n) is 13.8. The van der Waals surface area contributed by atoms with Crippen molar-refractivity contribution < 1.29 is 18.7 Å². The molecule has 1 aromatic carbocycles. The van der Waals surface area contributed by atoms with E-state index in [-0.39, 0.29) is 23.9 Å². The molecule has 7 heteroatoms. The summed E-state index contributed by atoms with van der Waals surface area (Å²) >= 11 is 0. The molecule has 0 spiro atoms. The molecule has 2 aliphatic rings. The molecule has 1 atom stereocenters. The Morgan fingerprint density at radius 3 is 2.54 bits per heavy atom. The van der Waals surface area contributed by atoms with E-state index in [1.54, 1.807) is 22.8 Å². The first kappa shape index (κ1) is 16.7. The molecule has 130 valence electrons. The van der Waals surface area contributed by atoms with E-state index in [9.17, 15) is 14.0 Å². The number of rotatable bonds is 2. The standard InChI is InChI=1S/C17H22FN3O3/c1-12-11-13(4-5-14(12)18)19-17(23)21-8-6-20(7-9-21)16(22)15-3-2-10-24-15/h4-5,11,15H,2-3,6-10H2,1H3,(H,19,23). The predicted molar refractivity (Wildman–Crippen MR) is 87.3 cm³/mol. The second-order valence-corrected chi connectivity index (χ2v) is 6.21. The van der Waals surface area contributed by atoms with E-state index in [4.69, 9.17) is 4.74 Å². The van der Waals surface area contributed by atoms with Gasteiger partial charge in [-0.05, 0) is 43.5 Å². The zero-order valence-corrected chi connectivity index (χ0v) is 13.8. The molecule has 2 heterocycles. The quantitative estimate of drug-likeness (QED) is 0.899. The third-order valence-corrected chi connectivity index (χ3v) is 4.49. The molecule has 3 amide bonds. The van der Waals surface area contributed by atoms with E-state index in [0.717, 1.165) is 12.8 Å². The summed E-state index contributed by atoms with van der Waals surface area (Å²) in [6.07, 6.45) is 1.40. The van der Waals surface area contributed by atoms with Crippen molar-refractivity contribution in [1.29, 1.82) is 0 Å². The molecule has 6 nitrogen and oxygen atoms in total. The van der Waals surface area contributed by atoms with Gasteiger partial charge in [0, 0.05) is 38.5 Å². The molecule has 1 N–H and O–H groups in total. The van der Waals surface area contributed by atoms with Gasteiger partial charge in [0.25, 0.3) is 5.91 Å². The number of amides is 3. The van der Waals surface area contributed by atoms with Crippen molar-refractivity contribution in [3.63, 3.8) is 0 Å². The van der Waals surface area contributed by atoms with Crippen LogP contribution in [0.3, 0.4) is 0 Å². The van der Waals surface area contributed by atoms with Crippen LogP contribution in [0, 0.1) is 12.7 Å². The van der Waals surface area contributed by atoms with Crippen LogP contribution in [0.25, 0.3) is 0 Å². The van der Waals surface area contributed by atoms with Gasteiger partial charge in [0.2, 0.25) is 0 Å². The maximum Gasteiger partial charge on any atom is 0.321 e. The molecule has 0 radical (unpaired) electrons. The minimum atomic E-state index is -0.312. The van der Waals surface area contributed by atoms with E-state index in [1.807, 2.05) is 0 Å². The van der Waals surface area contributed by atoms with Crippen LogP contribution in [-0.4, -0.2) is 60.6 Å². The van der Waals surface area contributed by atoms with Crippen LogP contribution in [0.1, 0.15) is 18.4 Å². The summed E-state index contributed by atoms with van der Waals surface area (Å²) in [5.74, 6) is -0.268. The summed E-state index contributed by atoms with van der Waals surface area (Å²) in [5.41, 5.74) is 1.05. The normalized spacial score (nSPS) is 21.0. The van der Waals surface area contributed by atoms with Crippen molar-refractivity contribution in [3.05, 3.63) is 29.6 Å². The number of anilines is 1. The van der Waals surface area contributed by atoms with Crippen LogP contribution in [0.2, 0.25) is 0 Å². The van der Waals surface area contributed by atoms with Gasteiger partial charge >= 0.3 is 6.03 Å². The predicted octanol–water partition coefficient (Wildman–Crippen LogP) is 1.99. The van der Waals surface area contributed by atoms with Crippen molar-refractivity contribution in [3.8, 4) is 0 Å². The van der Waals surface area contributed by atoms with Crippen molar-refractivity contribution in [2.75, 3.05) is 38.1 Å². The van der Waals surface area contributed by atoms with Crippen LogP contribution in [0.15, 0.2) is 18.2 Å². The van der Waals surface area contributed by atoms with Crippen LogP contribution in [-0.2, 0) is 9.53 Å². The Morgan fingerprint density at radius 1 is 1.21 bits per heavy atom. The number of carbonyl (C=O) groups is 2. The lowest BCUT2D eigenvalue weighted by Gasteiger charge is -2.35. The Bertz CT molecular complexity index is 624. The molecule has 3 rings (SSSR count). The van der Waals surface area contributed by atoms with Crippen molar-refractivity contribution in [1.82, 2.24) is 9.80 Å². The van der Waals surface area contributed by atoms with Gasteiger partial charge < -0.3 is 19.9 Å². The molecule has 1 unspecified atom stereocenters. The summed E-state index contributed by atoms with van der Waals surface area (Å²) in [6, 6.07) is 4.25. The summed E-state index contributed by atoms with van der Waals surface area (Å²) in [7, 11) is 0. The van der Waals surface area contributed by atoms with Gasteiger partial charge in [0.1, 0.15) is 11.9 Å². The Hall–Kier alpha value is -2.15. The fourth-order valence-electron chi connectivity index (χ4n) is 3.03. The molecular weight excluding hydrogens is 313 g/mol. The Balaban J connectivity index is 1.51. The lowest BCUT2D eigenvalue weighted by molar-refractivity contribution is -0.142. The number of nitrogens with one attached hydrogen (secondary N) is 1. The van der Waals surface area contributed by atoms with Gasteiger partial charge in [0.15, 0.2) is 0 Å². The first-order valence-electron chi connectivity index (χ1n) is 8.27. The molecule has 0 saturated carbocycles. The lowest BCUT2D eigenvalue weighted by Crippen LogP contribution is -2.53. The van der Waals surface area contributed by atoms with E-state index in [0.29, 0.717) is 44.0 Å². The van der Waals surface area contributed by atoms with E-state index in [2.05, 4.69) is 5.32 Å². The van der Waals surface area contributed by atoms with Crippen molar-refractivity contribution in [2.45, 2.75) is 25.9 Å². The smallest absolute Gasteiger partial charge is 0.321 e. The van der Waals surface area contributed by atoms with E-state index < -0.39 is 0 Å². The summed E-state index contributed by atoms with van der Waals surface area (Å²) in [5, 5.41) is 2.77. The third-order valence-electron chi connectivity index (χ3n) is 4.49. The van der Waals surface area contributed by atoms with Crippen LogP contribution >= 0.6 is 0 Å². The average molecular weight is 335 g/mol. The topological polar surface area (TPSA) is 61.9 Å². The number of carbonyl (C=O) groups excluding carboxylic acids is 2. The van der Waals surface area contributed by atoms with Gasteiger partial charge in [-0.3, -0.25) is 4.79 Å². The molecule has 0 bridgehead atoms. The Morgan fingerprint density at radius 2 is 1.92 bits per heavy atom. The monoisotopic (exact) mass is 335 g/mol. The molecule has 2 aliphatic heterocycles. The number of hydrogen-bond donors (Lipinski definition) is 1. The highest BCUT2D eigenvalue weighted by Crippen LogP contribution is 2.17. The number of urea groups is 1. The number of piperazine rings is 1. The van der Waals surface area contributed by atoms with Crippen molar-refractivity contribution >= 4 is 17.6 Å². The average Bonchev–Trinajstić information content (AvgIpc) is 3.12. The number of hydrogen-bond acceptors (Lipinski definition) is 3. The maximum absolute atomic E-state index is 13.3. The van der Waals surface area contributed by atoms with Gasteiger partial charge in [-0.15, -0.1) is 0 Å². The SMILES string of the molecule is Cc1cc(NC(=O)N2CCN(C(=O)C3CCCO3)CC2)ccc1F. The van der Waals surface area contributed by atoms with Crippen LogP contribution < -0.4 is 5.32 Å². The number of ether oxygens (including phenoxy) is 1. The highest BCUT2D eigenvalue weighted by molar-refractivity contribution is 5.89.